The maximum absolute atomic E-state index is 13.4. The lowest BCUT2D eigenvalue weighted by atomic mass is 9.94. The Morgan fingerprint density at radius 1 is 1.44 bits per heavy atom. The van der Waals surface area contributed by atoms with Gasteiger partial charge in [-0.15, -0.1) is 0 Å². The zero-order valence-electron chi connectivity index (χ0n) is 10.8. The molecule has 1 heterocycles. The summed E-state index contributed by atoms with van der Waals surface area (Å²) in [4.78, 5) is 0. The minimum atomic E-state index is -0.261. The van der Waals surface area contributed by atoms with Gasteiger partial charge in [-0.25, -0.2) is 4.39 Å². The lowest BCUT2D eigenvalue weighted by Gasteiger charge is -2.31. The van der Waals surface area contributed by atoms with E-state index in [1.165, 1.54) is 12.5 Å². The van der Waals surface area contributed by atoms with Crippen LogP contribution in [0.3, 0.4) is 0 Å². The molecule has 18 heavy (non-hydrogen) atoms. The van der Waals surface area contributed by atoms with Crippen LogP contribution < -0.4 is 5.32 Å². The van der Waals surface area contributed by atoms with Crippen molar-refractivity contribution >= 4 is 11.6 Å². The van der Waals surface area contributed by atoms with Crippen molar-refractivity contribution in [2.24, 2.45) is 0 Å². The molecule has 1 N–H and O–H groups in total. The van der Waals surface area contributed by atoms with Gasteiger partial charge in [0.05, 0.1) is 12.1 Å². The number of aryl methyl sites for hydroxylation is 1. The molecule has 0 radical (unpaired) electrons. The molecule has 0 amide bonds. The number of rotatable bonds is 3. The Bertz CT molecular complexity index is 419. The smallest absolute Gasteiger partial charge is 0.127 e. The maximum atomic E-state index is 13.4. The number of halogens is 2. The van der Waals surface area contributed by atoms with E-state index in [1.54, 1.807) is 6.92 Å². The van der Waals surface area contributed by atoms with Crippen LogP contribution in [0.15, 0.2) is 12.1 Å². The molecular formula is C14H19ClFNO. The van der Waals surface area contributed by atoms with Gasteiger partial charge in [0.15, 0.2) is 0 Å². The van der Waals surface area contributed by atoms with E-state index in [0.29, 0.717) is 10.6 Å². The molecule has 2 rings (SSSR count). The lowest BCUT2D eigenvalue weighted by Crippen LogP contribution is -2.34. The highest BCUT2D eigenvalue weighted by Crippen LogP contribution is 2.32. The van der Waals surface area contributed by atoms with E-state index in [0.717, 1.165) is 25.0 Å². The fraction of sp³-hybridized carbons (Fsp3) is 0.571. The van der Waals surface area contributed by atoms with E-state index >= 15 is 0 Å². The summed E-state index contributed by atoms with van der Waals surface area (Å²) in [6, 6.07) is 3.23. The Balaban J connectivity index is 2.28. The molecule has 1 aliphatic rings. The van der Waals surface area contributed by atoms with E-state index in [2.05, 4.69) is 5.32 Å². The van der Waals surface area contributed by atoms with Gasteiger partial charge in [0.1, 0.15) is 5.82 Å². The lowest BCUT2D eigenvalue weighted by molar-refractivity contribution is -0.00662. The van der Waals surface area contributed by atoms with Crippen molar-refractivity contribution in [3.63, 3.8) is 0 Å². The molecule has 1 aromatic rings. The van der Waals surface area contributed by atoms with Crippen molar-refractivity contribution < 1.29 is 9.13 Å². The second-order valence-electron chi connectivity index (χ2n) is 4.79. The van der Waals surface area contributed by atoms with Crippen LogP contribution in [0.5, 0.6) is 0 Å². The van der Waals surface area contributed by atoms with Crippen molar-refractivity contribution in [3.05, 3.63) is 34.1 Å². The highest BCUT2D eigenvalue weighted by Gasteiger charge is 2.26. The zero-order chi connectivity index (χ0) is 13.1. The summed E-state index contributed by atoms with van der Waals surface area (Å²) in [7, 11) is 1.89. The normalized spacial score (nSPS) is 21.9. The van der Waals surface area contributed by atoms with Gasteiger partial charge in [-0.2, -0.15) is 0 Å². The molecule has 1 fully saturated rings. The maximum Gasteiger partial charge on any atom is 0.127 e. The first kappa shape index (κ1) is 13.8. The third-order valence-corrected chi connectivity index (χ3v) is 3.84. The van der Waals surface area contributed by atoms with E-state index in [-0.39, 0.29) is 18.0 Å². The number of likely N-dealkylation sites (N-methyl/N-ethyl adjacent to an activating group) is 1. The monoisotopic (exact) mass is 271 g/mol. The summed E-state index contributed by atoms with van der Waals surface area (Å²) in [6.45, 7) is 2.55. The molecular weight excluding hydrogens is 253 g/mol. The van der Waals surface area contributed by atoms with Crippen LogP contribution in [0, 0.1) is 12.7 Å². The van der Waals surface area contributed by atoms with Gasteiger partial charge in [-0.3, -0.25) is 0 Å². The highest BCUT2D eigenvalue weighted by molar-refractivity contribution is 6.31. The first-order valence-corrected chi connectivity index (χ1v) is 6.75. The van der Waals surface area contributed by atoms with E-state index in [1.807, 2.05) is 13.1 Å². The van der Waals surface area contributed by atoms with Gasteiger partial charge in [-0.1, -0.05) is 17.7 Å². The van der Waals surface area contributed by atoms with Crippen LogP contribution in [0.4, 0.5) is 4.39 Å². The Hall–Kier alpha value is -0.640. The van der Waals surface area contributed by atoms with E-state index < -0.39 is 0 Å². The molecule has 2 atom stereocenters. The van der Waals surface area contributed by atoms with Crippen LogP contribution in [-0.2, 0) is 4.74 Å². The fourth-order valence-corrected chi connectivity index (χ4v) is 2.76. The Labute approximate surface area is 112 Å². The number of ether oxygens (including phenoxy) is 1. The summed E-state index contributed by atoms with van der Waals surface area (Å²) in [5.74, 6) is -0.261. The molecule has 0 spiro atoms. The molecule has 4 heteroatoms. The van der Waals surface area contributed by atoms with Crippen LogP contribution in [-0.4, -0.2) is 19.8 Å². The SMILES string of the molecule is CNC(c1cc(C)c(F)cc1Cl)C1CCCCO1. The second-order valence-corrected chi connectivity index (χ2v) is 5.20. The third-order valence-electron chi connectivity index (χ3n) is 3.51. The molecule has 1 aliphatic heterocycles. The van der Waals surface area contributed by atoms with Gasteiger partial charge < -0.3 is 10.1 Å². The standard InChI is InChI=1S/C14H19ClFNO/c1-9-7-10(11(15)8-12(9)16)14(17-2)13-5-3-4-6-18-13/h7-8,13-14,17H,3-6H2,1-2H3. The summed E-state index contributed by atoms with van der Waals surface area (Å²) < 4.78 is 19.2. The summed E-state index contributed by atoms with van der Waals surface area (Å²) >= 11 is 6.16. The summed E-state index contributed by atoms with van der Waals surface area (Å²) in [5.41, 5.74) is 1.54. The molecule has 0 aromatic heterocycles. The molecule has 0 aliphatic carbocycles. The van der Waals surface area contributed by atoms with Crippen LogP contribution in [0.25, 0.3) is 0 Å². The van der Waals surface area contributed by atoms with Crippen LogP contribution in [0.1, 0.15) is 36.4 Å². The molecule has 2 nitrogen and oxygen atoms in total. The van der Waals surface area contributed by atoms with Crippen LogP contribution >= 0.6 is 11.6 Å². The van der Waals surface area contributed by atoms with Crippen LogP contribution in [0.2, 0.25) is 5.02 Å². The van der Waals surface area contributed by atoms with Crippen molar-refractivity contribution in [3.8, 4) is 0 Å². The van der Waals surface area contributed by atoms with E-state index in [9.17, 15) is 4.39 Å². The average molecular weight is 272 g/mol. The third kappa shape index (κ3) is 2.85. The summed E-state index contributed by atoms with van der Waals surface area (Å²) in [6.07, 6.45) is 3.41. The number of nitrogens with one attached hydrogen (secondary N) is 1. The first-order chi connectivity index (χ1) is 8.63. The Kier molecular flexibility index (Phi) is 4.60. The van der Waals surface area contributed by atoms with Crippen molar-refractivity contribution in [1.82, 2.24) is 5.32 Å². The van der Waals surface area contributed by atoms with Gasteiger partial charge >= 0.3 is 0 Å². The first-order valence-electron chi connectivity index (χ1n) is 6.38. The molecule has 1 saturated heterocycles. The Morgan fingerprint density at radius 3 is 2.83 bits per heavy atom. The second kappa shape index (κ2) is 6.00. The van der Waals surface area contributed by atoms with Gasteiger partial charge in [0, 0.05) is 11.6 Å². The van der Waals surface area contributed by atoms with E-state index in [4.69, 9.17) is 16.3 Å². The quantitative estimate of drug-likeness (QED) is 0.907. The molecule has 0 bridgehead atoms. The fourth-order valence-electron chi connectivity index (χ4n) is 2.49. The molecule has 100 valence electrons. The minimum absolute atomic E-state index is 0.0251. The number of hydrogen-bond acceptors (Lipinski definition) is 2. The number of benzene rings is 1. The van der Waals surface area contributed by atoms with Gasteiger partial charge in [0.2, 0.25) is 0 Å². The molecule has 2 unspecified atom stereocenters. The zero-order valence-corrected chi connectivity index (χ0v) is 11.6. The topological polar surface area (TPSA) is 21.3 Å². The average Bonchev–Trinajstić information content (AvgIpc) is 2.38. The number of hydrogen-bond donors (Lipinski definition) is 1. The van der Waals surface area contributed by atoms with Crippen molar-refractivity contribution in [1.29, 1.82) is 0 Å². The van der Waals surface area contributed by atoms with Gasteiger partial charge in [-0.05, 0) is 50.4 Å². The molecule has 0 saturated carbocycles. The van der Waals surface area contributed by atoms with Crippen molar-refractivity contribution in [2.75, 3.05) is 13.7 Å². The minimum Gasteiger partial charge on any atom is -0.376 e. The predicted octanol–water partition coefficient (Wildman–Crippen LogP) is 3.62. The largest absolute Gasteiger partial charge is 0.376 e. The van der Waals surface area contributed by atoms with Crippen molar-refractivity contribution in [2.45, 2.75) is 38.3 Å². The summed E-state index contributed by atoms with van der Waals surface area (Å²) in [5, 5.41) is 3.71. The van der Waals surface area contributed by atoms with Gasteiger partial charge in [0.25, 0.3) is 0 Å². The highest BCUT2D eigenvalue weighted by atomic mass is 35.5. The predicted molar refractivity (Wildman–Crippen MR) is 71.5 cm³/mol. The Morgan fingerprint density at radius 2 is 2.22 bits per heavy atom. The molecule has 1 aromatic carbocycles.